The van der Waals surface area contributed by atoms with Crippen LogP contribution in [0.5, 0.6) is 0 Å². The lowest BCUT2D eigenvalue weighted by Crippen LogP contribution is -2.29. The van der Waals surface area contributed by atoms with Crippen molar-refractivity contribution in [3.8, 4) is 0 Å². The fourth-order valence-corrected chi connectivity index (χ4v) is 2.27. The van der Waals surface area contributed by atoms with Gasteiger partial charge in [0.05, 0.1) is 17.2 Å². The monoisotopic (exact) mass is 316 g/mol. The van der Waals surface area contributed by atoms with E-state index in [9.17, 15) is 14.2 Å². The molecule has 1 heterocycles. The zero-order chi connectivity index (χ0) is 14.9. The minimum absolute atomic E-state index is 0.316. The van der Waals surface area contributed by atoms with Gasteiger partial charge < -0.3 is 19.8 Å². The second kappa shape index (κ2) is 5.38. The molecular formula is C11H10ClN2O5P. The number of nitrogens with one attached hydrogen (secondary N) is 2. The Bertz CT molecular complexity index is 848. The minimum atomic E-state index is -4.14. The molecule has 20 heavy (non-hydrogen) atoms. The van der Waals surface area contributed by atoms with Crippen molar-refractivity contribution >= 4 is 36.3 Å². The normalized spacial score (nSPS) is 12.3. The van der Waals surface area contributed by atoms with Crippen LogP contribution in [0.25, 0.3) is 17.1 Å². The first kappa shape index (κ1) is 14.7. The van der Waals surface area contributed by atoms with Crippen molar-refractivity contribution in [2.75, 3.05) is 6.16 Å². The lowest BCUT2D eigenvalue weighted by Gasteiger charge is -2.03. The van der Waals surface area contributed by atoms with Crippen molar-refractivity contribution in [3.05, 3.63) is 49.5 Å². The van der Waals surface area contributed by atoms with E-state index in [1.54, 1.807) is 0 Å². The van der Waals surface area contributed by atoms with Crippen molar-refractivity contribution in [2.45, 2.75) is 0 Å². The molecule has 0 amide bonds. The fraction of sp³-hybridized carbons (Fsp3) is 0.0909. The van der Waals surface area contributed by atoms with E-state index < -0.39 is 24.9 Å². The molecule has 0 aliphatic carbocycles. The largest absolute Gasteiger partial charge is 0.329 e. The predicted octanol–water partition coefficient (Wildman–Crippen LogP) is 1.06. The van der Waals surface area contributed by atoms with E-state index in [-0.39, 0.29) is 0 Å². The third-order valence-electron chi connectivity index (χ3n) is 2.47. The van der Waals surface area contributed by atoms with Crippen LogP contribution in [0.4, 0.5) is 0 Å². The van der Waals surface area contributed by atoms with Gasteiger partial charge in [0, 0.05) is 10.6 Å². The maximum absolute atomic E-state index is 11.3. The molecule has 4 N–H and O–H groups in total. The molecule has 0 saturated carbocycles. The van der Waals surface area contributed by atoms with Crippen molar-refractivity contribution in [1.29, 1.82) is 0 Å². The molecule has 106 valence electrons. The van der Waals surface area contributed by atoms with Gasteiger partial charge in [0.1, 0.15) is 0 Å². The lowest BCUT2D eigenvalue weighted by atomic mass is 10.1. The van der Waals surface area contributed by atoms with E-state index in [0.29, 0.717) is 21.6 Å². The lowest BCUT2D eigenvalue weighted by molar-refractivity contribution is 0.377. The highest BCUT2D eigenvalue weighted by Crippen LogP contribution is 2.34. The molecule has 2 aromatic rings. The smallest absolute Gasteiger partial charge is 0.324 e. The van der Waals surface area contributed by atoms with Crippen LogP contribution in [-0.4, -0.2) is 25.9 Å². The molecule has 0 atom stereocenters. The summed E-state index contributed by atoms with van der Waals surface area (Å²) >= 11 is 5.88. The number of H-pyrrole nitrogens is 2. The first-order chi connectivity index (χ1) is 9.26. The van der Waals surface area contributed by atoms with E-state index in [1.165, 1.54) is 24.3 Å². The van der Waals surface area contributed by atoms with E-state index in [1.807, 2.05) is 0 Å². The number of aromatic nitrogens is 2. The number of benzene rings is 1. The Balaban J connectivity index is 2.58. The molecule has 0 aliphatic rings. The van der Waals surface area contributed by atoms with Gasteiger partial charge in [-0.3, -0.25) is 14.2 Å². The van der Waals surface area contributed by atoms with E-state index in [4.69, 9.17) is 21.4 Å². The number of rotatable bonds is 3. The average Bonchev–Trinajstić information content (AvgIpc) is 2.30. The Morgan fingerprint density at radius 2 is 1.85 bits per heavy atom. The topological polar surface area (TPSA) is 123 Å². The minimum Gasteiger partial charge on any atom is -0.324 e. The van der Waals surface area contributed by atoms with Crippen LogP contribution in [-0.2, 0) is 4.57 Å². The molecule has 1 aromatic heterocycles. The van der Waals surface area contributed by atoms with Crippen LogP contribution in [0.2, 0.25) is 5.02 Å². The van der Waals surface area contributed by atoms with Gasteiger partial charge >= 0.3 is 18.7 Å². The molecule has 7 nitrogen and oxygen atoms in total. The number of hydrogen-bond acceptors (Lipinski definition) is 3. The Morgan fingerprint density at radius 3 is 2.50 bits per heavy atom. The average molecular weight is 317 g/mol. The Kier molecular flexibility index (Phi) is 3.96. The highest BCUT2D eigenvalue weighted by atomic mass is 35.5. The Hall–Kier alpha value is -1.66. The zero-order valence-electron chi connectivity index (χ0n) is 9.96. The van der Waals surface area contributed by atoms with Gasteiger partial charge in [0.2, 0.25) is 0 Å². The van der Waals surface area contributed by atoms with Crippen molar-refractivity contribution in [2.24, 2.45) is 0 Å². The summed E-state index contributed by atoms with van der Waals surface area (Å²) in [5, 5.41) is 0.316. The maximum atomic E-state index is 11.3. The highest BCUT2D eigenvalue weighted by molar-refractivity contribution is 7.51. The first-order valence-electron chi connectivity index (χ1n) is 5.43. The van der Waals surface area contributed by atoms with E-state index in [2.05, 4.69) is 9.97 Å². The van der Waals surface area contributed by atoms with Crippen LogP contribution >= 0.6 is 19.2 Å². The summed E-state index contributed by atoms with van der Waals surface area (Å²) in [6.07, 6.45) is 2.26. The second-order valence-corrected chi connectivity index (χ2v) is 6.21. The van der Waals surface area contributed by atoms with Gasteiger partial charge in [-0.2, -0.15) is 0 Å². The summed E-state index contributed by atoms with van der Waals surface area (Å²) < 4.78 is 10.8. The number of aromatic amines is 2. The van der Waals surface area contributed by atoms with Crippen LogP contribution in [0, 0.1) is 0 Å². The molecule has 0 radical (unpaired) electrons. The number of hydrogen-bond donors (Lipinski definition) is 4. The molecule has 0 saturated heterocycles. The van der Waals surface area contributed by atoms with Crippen LogP contribution in [0.15, 0.2) is 27.8 Å². The summed E-state index contributed by atoms with van der Waals surface area (Å²) in [6.45, 7) is 0. The van der Waals surface area contributed by atoms with E-state index >= 15 is 0 Å². The van der Waals surface area contributed by atoms with Crippen molar-refractivity contribution in [3.63, 3.8) is 0 Å². The molecule has 0 unspecified atom stereocenters. The fourth-order valence-electron chi connectivity index (χ4n) is 1.66. The third-order valence-corrected chi connectivity index (χ3v) is 3.37. The molecule has 0 aliphatic heterocycles. The van der Waals surface area contributed by atoms with Crippen molar-refractivity contribution in [1.82, 2.24) is 9.97 Å². The predicted molar refractivity (Wildman–Crippen MR) is 76.1 cm³/mol. The van der Waals surface area contributed by atoms with Crippen molar-refractivity contribution < 1.29 is 14.4 Å². The number of halogens is 1. The number of allylic oxidation sites excluding steroid dienone is 1. The Morgan fingerprint density at radius 1 is 1.20 bits per heavy atom. The van der Waals surface area contributed by atoms with Gasteiger partial charge in [-0.05, 0) is 12.1 Å². The van der Waals surface area contributed by atoms with E-state index in [0.717, 1.165) is 0 Å². The highest BCUT2D eigenvalue weighted by Gasteiger charge is 2.09. The summed E-state index contributed by atoms with van der Waals surface area (Å²) in [5.74, 6) is 0. The van der Waals surface area contributed by atoms with Gasteiger partial charge in [-0.15, -0.1) is 0 Å². The molecule has 0 fully saturated rings. The number of fused-ring (bicyclic) bond motifs is 1. The Labute approximate surface area is 117 Å². The third kappa shape index (κ3) is 3.46. The van der Waals surface area contributed by atoms with Gasteiger partial charge in [-0.1, -0.05) is 23.8 Å². The maximum Gasteiger partial charge on any atom is 0.329 e. The SMILES string of the molecule is O=c1[nH]c2cc(Cl)cc(/C=C/CP(=O)(O)O)c2[nH]c1=O. The molecule has 9 heteroatoms. The molecular weight excluding hydrogens is 307 g/mol. The molecule has 0 bridgehead atoms. The van der Waals surface area contributed by atoms with Gasteiger partial charge in [0.25, 0.3) is 0 Å². The zero-order valence-corrected chi connectivity index (χ0v) is 11.6. The van der Waals surface area contributed by atoms with Crippen LogP contribution in [0.3, 0.4) is 0 Å². The molecule has 0 spiro atoms. The van der Waals surface area contributed by atoms with Gasteiger partial charge in [0.15, 0.2) is 0 Å². The standard InChI is InChI=1S/C11H10ClN2O5P/c12-7-4-6(2-1-3-20(17,18)19)9-8(5-7)13-10(15)11(16)14-9/h1-2,4-5H,3H2,(H,13,15)(H,14,16)(H2,17,18,19)/b2-1+. The summed E-state index contributed by atoms with van der Waals surface area (Å²) in [4.78, 5) is 44.9. The van der Waals surface area contributed by atoms with Crippen LogP contribution < -0.4 is 11.1 Å². The molecule has 1 aromatic carbocycles. The quantitative estimate of drug-likeness (QED) is 0.498. The van der Waals surface area contributed by atoms with Gasteiger partial charge in [-0.25, -0.2) is 0 Å². The summed E-state index contributed by atoms with van der Waals surface area (Å²) in [5.41, 5.74) is -0.512. The first-order valence-corrected chi connectivity index (χ1v) is 7.61. The summed E-state index contributed by atoms with van der Waals surface area (Å²) in [7, 11) is -4.14. The summed E-state index contributed by atoms with van der Waals surface area (Å²) in [6, 6.07) is 2.98. The van der Waals surface area contributed by atoms with Crippen LogP contribution in [0.1, 0.15) is 5.56 Å². The molecule has 2 rings (SSSR count). The second-order valence-electron chi connectivity index (χ2n) is 4.08.